The van der Waals surface area contributed by atoms with Crippen molar-refractivity contribution in [2.45, 2.75) is 25.4 Å². The summed E-state index contributed by atoms with van der Waals surface area (Å²) in [6, 6.07) is 0.334. The van der Waals surface area contributed by atoms with Crippen LogP contribution >= 0.6 is 0 Å². The van der Waals surface area contributed by atoms with Gasteiger partial charge in [-0.1, -0.05) is 12.2 Å². The summed E-state index contributed by atoms with van der Waals surface area (Å²) >= 11 is 0. The van der Waals surface area contributed by atoms with Crippen molar-refractivity contribution in [2.75, 3.05) is 0 Å². The van der Waals surface area contributed by atoms with E-state index >= 15 is 0 Å². The molecular weight excluding hydrogens is 114 g/mol. The van der Waals surface area contributed by atoms with Gasteiger partial charge in [-0.25, -0.2) is 0 Å². The summed E-state index contributed by atoms with van der Waals surface area (Å²) < 4.78 is 0. The Balaban J connectivity index is 2.67. The molecule has 2 atom stereocenters. The summed E-state index contributed by atoms with van der Waals surface area (Å²) in [6.45, 7) is 3.88. The third kappa shape index (κ3) is 1.19. The van der Waals surface area contributed by atoms with E-state index in [4.69, 9.17) is 0 Å². The maximum absolute atomic E-state index is 10.4. The second-order valence-corrected chi connectivity index (χ2v) is 2.69. The SMILES string of the molecule is CC1C=CC(C)(C=O)N1. The average molecular weight is 125 g/mol. The first-order valence-electron chi connectivity index (χ1n) is 3.10. The van der Waals surface area contributed by atoms with E-state index in [1.165, 1.54) is 0 Å². The van der Waals surface area contributed by atoms with Crippen LogP contribution in [0.15, 0.2) is 12.2 Å². The molecule has 0 spiro atoms. The van der Waals surface area contributed by atoms with Crippen LogP contribution in [0.3, 0.4) is 0 Å². The van der Waals surface area contributed by atoms with E-state index in [9.17, 15) is 4.79 Å². The second-order valence-electron chi connectivity index (χ2n) is 2.69. The molecule has 0 bridgehead atoms. The molecule has 1 aliphatic rings. The summed E-state index contributed by atoms with van der Waals surface area (Å²) in [5.41, 5.74) is -0.403. The molecule has 1 N–H and O–H groups in total. The maximum atomic E-state index is 10.4. The van der Waals surface area contributed by atoms with Crippen LogP contribution in [0.2, 0.25) is 0 Å². The normalized spacial score (nSPS) is 41.3. The number of aldehydes is 1. The van der Waals surface area contributed by atoms with Crippen LogP contribution in [0.25, 0.3) is 0 Å². The predicted octanol–water partition coefficient (Wildman–Crippen LogP) is 0.492. The van der Waals surface area contributed by atoms with Gasteiger partial charge < -0.3 is 4.79 Å². The van der Waals surface area contributed by atoms with Crippen molar-refractivity contribution >= 4 is 6.29 Å². The molecule has 0 aromatic carbocycles. The summed E-state index contributed by atoms with van der Waals surface area (Å²) in [6.07, 6.45) is 4.81. The van der Waals surface area contributed by atoms with Gasteiger partial charge in [-0.15, -0.1) is 0 Å². The molecule has 0 aromatic heterocycles. The van der Waals surface area contributed by atoms with Gasteiger partial charge in [0.2, 0.25) is 0 Å². The molecule has 1 rings (SSSR count). The van der Waals surface area contributed by atoms with Crippen LogP contribution < -0.4 is 5.32 Å². The van der Waals surface area contributed by atoms with Crippen molar-refractivity contribution in [3.05, 3.63) is 12.2 Å². The average Bonchev–Trinajstić information content (AvgIpc) is 2.13. The summed E-state index contributed by atoms with van der Waals surface area (Å²) in [7, 11) is 0. The zero-order chi connectivity index (χ0) is 6.91. The molecule has 0 amide bonds. The van der Waals surface area contributed by atoms with Crippen molar-refractivity contribution in [1.29, 1.82) is 0 Å². The number of rotatable bonds is 1. The van der Waals surface area contributed by atoms with Gasteiger partial charge in [-0.2, -0.15) is 0 Å². The van der Waals surface area contributed by atoms with Gasteiger partial charge in [0.15, 0.2) is 0 Å². The molecular formula is C7H11NO. The maximum Gasteiger partial charge on any atom is 0.143 e. The Morgan fingerprint density at radius 3 is 2.67 bits per heavy atom. The van der Waals surface area contributed by atoms with Crippen LogP contribution in [-0.4, -0.2) is 17.9 Å². The molecule has 1 heterocycles. The minimum absolute atomic E-state index is 0.334. The number of hydrogen-bond acceptors (Lipinski definition) is 2. The fraction of sp³-hybridized carbons (Fsp3) is 0.571. The number of carbonyl (C=O) groups is 1. The van der Waals surface area contributed by atoms with Gasteiger partial charge in [-0.3, -0.25) is 5.32 Å². The van der Waals surface area contributed by atoms with Crippen LogP contribution in [0.5, 0.6) is 0 Å². The number of hydrogen-bond donors (Lipinski definition) is 1. The van der Waals surface area contributed by atoms with Crippen molar-refractivity contribution in [1.82, 2.24) is 5.32 Å². The monoisotopic (exact) mass is 125 g/mol. The smallest absolute Gasteiger partial charge is 0.143 e. The highest BCUT2D eigenvalue weighted by atomic mass is 16.1. The van der Waals surface area contributed by atoms with E-state index in [2.05, 4.69) is 5.32 Å². The van der Waals surface area contributed by atoms with Gasteiger partial charge in [-0.05, 0) is 13.8 Å². The van der Waals surface area contributed by atoms with Crippen molar-refractivity contribution in [2.24, 2.45) is 0 Å². The molecule has 9 heavy (non-hydrogen) atoms. The van der Waals surface area contributed by atoms with Crippen LogP contribution in [-0.2, 0) is 4.79 Å². The molecule has 2 heteroatoms. The fourth-order valence-corrected chi connectivity index (χ4v) is 1.00. The lowest BCUT2D eigenvalue weighted by Crippen LogP contribution is -2.41. The van der Waals surface area contributed by atoms with E-state index in [0.717, 1.165) is 6.29 Å². The third-order valence-electron chi connectivity index (χ3n) is 1.51. The second kappa shape index (κ2) is 1.95. The van der Waals surface area contributed by atoms with Crippen molar-refractivity contribution in [3.8, 4) is 0 Å². The first kappa shape index (κ1) is 6.49. The van der Waals surface area contributed by atoms with E-state index in [1.54, 1.807) is 0 Å². The number of carbonyl (C=O) groups excluding carboxylic acids is 1. The molecule has 50 valence electrons. The Morgan fingerprint density at radius 1 is 1.78 bits per heavy atom. The highest BCUT2D eigenvalue weighted by molar-refractivity contribution is 5.68. The van der Waals surface area contributed by atoms with Crippen molar-refractivity contribution in [3.63, 3.8) is 0 Å². The van der Waals surface area contributed by atoms with Crippen LogP contribution in [0.4, 0.5) is 0 Å². The van der Waals surface area contributed by atoms with Gasteiger partial charge in [0, 0.05) is 6.04 Å². The van der Waals surface area contributed by atoms with Gasteiger partial charge in [0.05, 0.1) is 5.54 Å². The minimum Gasteiger partial charge on any atom is -0.301 e. The van der Waals surface area contributed by atoms with Gasteiger partial charge in [0.25, 0.3) is 0 Å². The lowest BCUT2D eigenvalue weighted by Gasteiger charge is -2.15. The Bertz CT molecular complexity index is 153. The molecule has 0 aliphatic carbocycles. The fourth-order valence-electron chi connectivity index (χ4n) is 1.00. The van der Waals surface area contributed by atoms with Gasteiger partial charge in [0.1, 0.15) is 6.29 Å². The molecule has 2 unspecified atom stereocenters. The lowest BCUT2D eigenvalue weighted by atomic mass is 10.1. The summed E-state index contributed by atoms with van der Waals surface area (Å²) in [5, 5.41) is 3.10. The minimum atomic E-state index is -0.403. The highest BCUT2D eigenvalue weighted by Gasteiger charge is 2.25. The molecule has 0 saturated heterocycles. The molecule has 0 saturated carbocycles. The third-order valence-corrected chi connectivity index (χ3v) is 1.51. The largest absolute Gasteiger partial charge is 0.301 e. The first-order chi connectivity index (χ1) is 4.16. The van der Waals surface area contributed by atoms with E-state index in [1.807, 2.05) is 26.0 Å². The zero-order valence-corrected chi connectivity index (χ0v) is 5.72. The Morgan fingerprint density at radius 2 is 2.44 bits per heavy atom. The standard InChI is InChI=1S/C7H11NO/c1-6-3-4-7(2,5-9)8-6/h3-6,8H,1-2H3. The quantitative estimate of drug-likeness (QED) is 0.408. The number of nitrogens with one attached hydrogen (secondary N) is 1. The molecule has 0 fully saturated rings. The van der Waals surface area contributed by atoms with E-state index < -0.39 is 5.54 Å². The molecule has 0 aromatic rings. The Hall–Kier alpha value is -0.630. The summed E-state index contributed by atoms with van der Waals surface area (Å²) in [5.74, 6) is 0. The highest BCUT2D eigenvalue weighted by Crippen LogP contribution is 2.11. The van der Waals surface area contributed by atoms with Gasteiger partial charge >= 0.3 is 0 Å². The van der Waals surface area contributed by atoms with E-state index in [-0.39, 0.29) is 0 Å². The summed E-state index contributed by atoms with van der Waals surface area (Å²) in [4.78, 5) is 10.4. The Kier molecular flexibility index (Phi) is 1.41. The lowest BCUT2D eigenvalue weighted by molar-refractivity contribution is -0.111. The van der Waals surface area contributed by atoms with Crippen molar-refractivity contribution < 1.29 is 4.79 Å². The van der Waals surface area contributed by atoms with Crippen LogP contribution in [0, 0.1) is 0 Å². The molecule has 1 aliphatic heterocycles. The topological polar surface area (TPSA) is 29.1 Å². The zero-order valence-electron chi connectivity index (χ0n) is 5.72. The first-order valence-corrected chi connectivity index (χ1v) is 3.10. The molecule has 0 radical (unpaired) electrons. The predicted molar refractivity (Wildman–Crippen MR) is 36.2 cm³/mol. The Labute approximate surface area is 54.9 Å². The molecule has 2 nitrogen and oxygen atoms in total. The van der Waals surface area contributed by atoms with E-state index in [0.29, 0.717) is 6.04 Å². The van der Waals surface area contributed by atoms with Crippen LogP contribution in [0.1, 0.15) is 13.8 Å².